The molecule has 1 aliphatic rings. The van der Waals surface area contributed by atoms with Gasteiger partial charge >= 0.3 is 0 Å². The number of pyridine rings is 1. The summed E-state index contributed by atoms with van der Waals surface area (Å²) in [4.78, 5) is 6.67. The summed E-state index contributed by atoms with van der Waals surface area (Å²) >= 11 is 1.76. The number of ether oxygens (including phenoxy) is 1. The Balaban J connectivity index is 1.59. The highest BCUT2D eigenvalue weighted by molar-refractivity contribution is 7.99. The number of thioether (sulfide) groups is 1. The number of hydrogen-bond donors (Lipinski definition) is 0. The molecule has 3 aromatic rings. The molecule has 4 rings (SSSR count). The fourth-order valence-corrected chi connectivity index (χ4v) is 4.42. The van der Waals surface area contributed by atoms with Crippen molar-refractivity contribution in [2.45, 2.75) is 24.4 Å². The van der Waals surface area contributed by atoms with E-state index in [1.54, 1.807) is 31.3 Å². The van der Waals surface area contributed by atoms with Gasteiger partial charge in [0.15, 0.2) is 11.0 Å². The molecule has 0 radical (unpaired) electrons. The van der Waals surface area contributed by atoms with Gasteiger partial charge in [-0.1, -0.05) is 18.2 Å². The number of rotatable bonds is 7. The van der Waals surface area contributed by atoms with Gasteiger partial charge in [-0.3, -0.25) is 9.55 Å². The monoisotopic (exact) mass is 395 g/mol. The molecule has 0 unspecified atom stereocenters. The summed E-state index contributed by atoms with van der Waals surface area (Å²) in [5.41, 5.74) is 2.03. The van der Waals surface area contributed by atoms with E-state index < -0.39 is 0 Å². The van der Waals surface area contributed by atoms with E-state index in [9.17, 15) is 0 Å². The minimum Gasteiger partial charge on any atom is -0.497 e. The van der Waals surface area contributed by atoms with Crippen molar-refractivity contribution in [2.24, 2.45) is 0 Å². The van der Waals surface area contributed by atoms with Crippen LogP contribution in [-0.2, 0) is 0 Å². The van der Waals surface area contributed by atoms with Crippen LogP contribution in [0.4, 0.5) is 0 Å². The second kappa shape index (κ2) is 9.21. The molecule has 0 saturated carbocycles. The lowest BCUT2D eigenvalue weighted by atomic mass is 10.1. The molecule has 0 aliphatic carbocycles. The number of methoxy groups -OCH3 is 1. The van der Waals surface area contributed by atoms with E-state index in [0.717, 1.165) is 40.3 Å². The Bertz CT molecular complexity index is 876. The first-order valence-electron chi connectivity index (χ1n) is 9.70. The Morgan fingerprint density at radius 3 is 2.43 bits per heavy atom. The summed E-state index contributed by atoms with van der Waals surface area (Å²) in [6.07, 6.45) is 7.57. The Morgan fingerprint density at radius 2 is 1.71 bits per heavy atom. The molecule has 0 N–H and O–H groups in total. The van der Waals surface area contributed by atoms with Crippen molar-refractivity contribution in [3.05, 3.63) is 48.8 Å². The molecule has 0 spiro atoms. The summed E-state index contributed by atoms with van der Waals surface area (Å²) in [7, 11) is 1.68. The highest BCUT2D eigenvalue weighted by Crippen LogP contribution is 2.28. The van der Waals surface area contributed by atoms with E-state index >= 15 is 0 Å². The van der Waals surface area contributed by atoms with Crippen molar-refractivity contribution >= 4 is 11.8 Å². The van der Waals surface area contributed by atoms with Gasteiger partial charge in [-0.2, -0.15) is 0 Å². The molecule has 0 amide bonds. The Hall–Kier alpha value is -2.38. The van der Waals surface area contributed by atoms with Crippen LogP contribution in [0.25, 0.3) is 17.1 Å². The van der Waals surface area contributed by atoms with E-state index in [4.69, 9.17) is 4.74 Å². The number of piperidine rings is 1. The normalized spacial score (nSPS) is 14.9. The largest absolute Gasteiger partial charge is 0.497 e. The molecule has 6 nitrogen and oxygen atoms in total. The van der Waals surface area contributed by atoms with E-state index in [1.807, 2.05) is 36.4 Å². The zero-order valence-corrected chi connectivity index (χ0v) is 16.9. The summed E-state index contributed by atoms with van der Waals surface area (Å²) in [5, 5.41) is 9.90. The first-order valence-corrected chi connectivity index (χ1v) is 10.7. The predicted molar refractivity (Wildman–Crippen MR) is 112 cm³/mol. The van der Waals surface area contributed by atoms with Crippen LogP contribution in [0, 0.1) is 0 Å². The summed E-state index contributed by atoms with van der Waals surface area (Å²) in [6, 6.07) is 11.9. The molecular weight excluding hydrogens is 370 g/mol. The van der Waals surface area contributed by atoms with Crippen LogP contribution in [0.5, 0.6) is 5.75 Å². The standard InChI is InChI=1S/C21H25N5OS/c1-27-19-7-5-18(6-8-19)26-20(17-9-11-22-12-10-17)23-24-21(26)28-16-15-25-13-3-2-4-14-25/h5-12H,2-4,13-16H2,1H3. The summed E-state index contributed by atoms with van der Waals surface area (Å²) in [6.45, 7) is 3.52. The summed E-state index contributed by atoms with van der Waals surface area (Å²) < 4.78 is 7.42. The van der Waals surface area contributed by atoms with Gasteiger partial charge in [-0.25, -0.2) is 0 Å². The van der Waals surface area contributed by atoms with Gasteiger partial charge < -0.3 is 9.64 Å². The maximum atomic E-state index is 5.30. The zero-order valence-electron chi connectivity index (χ0n) is 16.1. The minimum absolute atomic E-state index is 0.827. The highest BCUT2D eigenvalue weighted by atomic mass is 32.2. The first-order chi connectivity index (χ1) is 13.8. The zero-order chi connectivity index (χ0) is 19.2. The molecule has 1 aromatic carbocycles. The molecule has 3 heterocycles. The van der Waals surface area contributed by atoms with Crippen LogP contribution in [-0.4, -0.2) is 57.1 Å². The van der Waals surface area contributed by atoms with Crippen molar-refractivity contribution in [1.29, 1.82) is 0 Å². The number of aromatic nitrogens is 4. The lowest BCUT2D eigenvalue weighted by Crippen LogP contribution is -2.31. The number of benzene rings is 1. The number of hydrogen-bond acceptors (Lipinski definition) is 6. The van der Waals surface area contributed by atoms with Crippen molar-refractivity contribution in [3.63, 3.8) is 0 Å². The van der Waals surface area contributed by atoms with Gasteiger partial charge in [0.2, 0.25) is 0 Å². The van der Waals surface area contributed by atoms with E-state index in [1.165, 1.54) is 32.4 Å². The van der Waals surface area contributed by atoms with Crippen LogP contribution < -0.4 is 4.74 Å². The van der Waals surface area contributed by atoms with Gasteiger partial charge in [-0.05, 0) is 62.3 Å². The Kier molecular flexibility index (Phi) is 6.24. The van der Waals surface area contributed by atoms with Crippen LogP contribution in [0.1, 0.15) is 19.3 Å². The third-order valence-electron chi connectivity index (χ3n) is 4.99. The first kappa shape index (κ1) is 19.0. The third kappa shape index (κ3) is 4.36. The molecule has 146 valence electrons. The molecule has 1 fully saturated rings. The van der Waals surface area contributed by atoms with Crippen LogP contribution in [0.15, 0.2) is 53.9 Å². The van der Waals surface area contributed by atoms with Crippen LogP contribution in [0.2, 0.25) is 0 Å². The van der Waals surface area contributed by atoms with Crippen LogP contribution >= 0.6 is 11.8 Å². The van der Waals surface area contributed by atoms with Gasteiger partial charge in [0.25, 0.3) is 0 Å². The van der Waals surface area contributed by atoms with Gasteiger partial charge in [0, 0.05) is 35.9 Å². The van der Waals surface area contributed by atoms with Crippen molar-refractivity contribution < 1.29 is 4.74 Å². The second-order valence-corrected chi connectivity index (χ2v) is 7.89. The number of likely N-dealkylation sites (tertiary alicyclic amines) is 1. The third-order valence-corrected chi connectivity index (χ3v) is 5.90. The van der Waals surface area contributed by atoms with Gasteiger partial charge in [0.1, 0.15) is 5.75 Å². The quantitative estimate of drug-likeness (QED) is 0.565. The molecule has 28 heavy (non-hydrogen) atoms. The molecule has 1 aliphatic heterocycles. The van der Waals surface area contributed by atoms with E-state index in [0.29, 0.717) is 0 Å². The van der Waals surface area contributed by atoms with Crippen molar-refractivity contribution in [1.82, 2.24) is 24.6 Å². The lowest BCUT2D eigenvalue weighted by Gasteiger charge is -2.25. The average Bonchev–Trinajstić information content (AvgIpc) is 3.19. The maximum absolute atomic E-state index is 5.30. The van der Waals surface area contributed by atoms with Crippen LogP contribution in [0.3, 0.4) is 0 Å². The Morgan fingerprint density at radius 1 is 0.964 bits per heavy atom. The SMILES string of the molecule is COc1ccc(-n2c(SCCN3CCCCC3)nnc2-c2ccncc2)cc1. The molecule has 0 bridgehead atoms. The van der Waals surface area contributed by atoms with Crippen molar-refractivity contribution in [2.75, 3.05) is 32.5 Å². The highest BCUT2D eigenvalue weighted by Gasteiger charge is 2.17. The summed E-state index contributed by atoms with van der Waals surface area (Å²) in [5.74, 6) is 2.67. The molecule has 2 aromatic heterocycles. The fraction of sp³-hybridized carbons (Fsp3) is 0.381. The van der Waals surface area contributed by atoms with Gasteiger partial charge in [0.05, 0.1) is 7.11 Å². The Labute approximate surface area is 170 Å². The van der Waals surface area contributed by atoms with Crippen molar-refractivity contribution in [3.8, 4) is 22.8 Å². The van der Waals surface area contributed by atoms with E-state index in [2.05, 4.69) is 24.6 Å². The smallest absolute Gasteiger partial charge is 0.196 e. The van der Waals surface area contributed by atoms with E-state index in [-0.39, 0.29) is 0 Å². The molecular formula is C21H25N5OS. The molecule has 7 heteroatoms. The fourth-order valence-electron chi connectivity index (χ4n) is 3.46. The van der Waals surface area contributed by atoms with Gasteiger partial charge in [-0.15, -0.1) is 10.2 Å². The predicted octanol–water partition coefficient (Wildman–Crippen LogP) is 3.92. The topological polar surface area (TPSA) is 56.1 Å². The maximum Gasteiger partial charge on any atom is 0.196 e. The second-order valence-electron chi connectivity index (χ2n) is 6.83. The minimum atomic E-state index is 0.827. The molecule has 1 saturated heterocycles. The number of nitrogens with zero attached hydrogens (tertiary/aromatic N) is 5. The average molecular weight is 396 g/mol. The lowest BCUT2D eigenvalue weighted by molar-refractivity contribution is 0.242. The molecule has 0 atom stereocenters.